The molecule has 1 aromatic rings. The Bertz CT molecular complexity index is 472. The van der Waals surface area contributed by atoms with Crippen molar-refractivity contribution < 1.29 is 4.43 Å². The molecule has 0 amide bonds. The Kier molecular flexibility index (Phi) is 3.36. The molecule has 2 rings (SSSR count). The molecule has 1 aliphatic heterocycles. The van der Waals surface area contributed by atoms with E-state index in [1.807, 2.05) is 6.21 Å². The summed E-state index contributed by atoms with van der Waals surface area (Å²) in [6.45, 7) is 12.3. The van der Waals surface area contributed by atoms with Crippen LogP contribution in [0.5, 0.6) is 5.75 Å². The van der Waals surface area contributed by atoms with Gasteiger partial charge < -0.3 is 4.43 Å². The van der Waals surface area contributed by atoms with Crippen molar-refractivity contribution in [2.75, 3.05) is 6.54 Å². The first-order valence-corrected chi connectivity index (χ1v) is 9.53. The van der Waals surface area contributed by atoms with Crippen LogP contribution in [0.4, 0.5) is 0 Å². The summed E-state index contributed by atoms with van der Waals surface area (Å²) in [7, 11) is -1.75. The van der Waals surface area contributed by atoms with Crippen LogP contribution in [0.1, 0.15) is 31.9 Å². The third-order valence-corrected chi connectivity index (χ3v) is 8.40. The minimum Gasteiger partial charge on any atom is -0.543 e. The van der Waals surface area contributed by atoms with Crippen LogP contribution in [0, 0.1) is 0 Å². The second-order valence-electron chi connectivity index (χ2n) is 6.47. The highest BCUT2D eigenvalue weighted by molar-refractivity contribution is 6.74. The molecule has 18 heavy (non-hydrogen) atoms. The van der Waals surface area contributed by atoms with Crippen molar-refractivity contribution in [1.29, 1.82) is 0 Å². The number of rotatable bonds is 2. The summed E-state index contributed by atoms with van der Waals surface area (Å²) < 4.78 is 6.44. The first-order chi connectivity index (χ1) is 8.31. The minimum atomic E-state index is -1.75. The lowest BCUT2D eigenvalue weighted by Gasteiger charge is -2.37. The van der Waals surface area contributed by atoms with Gasteiger partial charge in [-0.2, -0.15) is 0 Å². The van der Waals surface area contributed by atoms with Crippen LogP contribution in [0.3, 0.4) is 0 Å². The molecule has 0 aromatic heterocycles. The van der Waals surface area contributed by atoms with Gasteiger partial charge in [0, 0.05) is 18.3 Å². The molecule has 3 heteroatoms. The summed E-state index contributed by atoms with van der Waals surface area (Å²) in [4.78, 5) is 4.34. The molecule has 0 bridgehead atoms. The summed E-state index contributed by atoms with van der Waals surface area (Å²) in [6.07, 6.45) is 2.97. The summed E-state index contributed by atoms with van der Waals surface area (Å²) in [5.41, 5.74) is 2.55. The highest BCUT2D eigenvalue weighted by atomic mass is 28.4. The molecular weight excluding hydrogens is 238 g/mol. The molecule has 0 radical (unpaired) electrons. The van der Waals surface area contributed by atoms with Crippen molar-refractivity contribution in [3.8, 4) is 5.75 Å². The van der Waals surface area contributed by atoms with Gasteiger partial charge in [-0.05, 0) is 36.2 Å². The van der Waals surface area contributed by atoms with Crippen LogP contribution >= 0.6 is 0 Å². The normalized spacial score (nSPS) is 15.4. The molecule has 0 aliphatic carbocycles. The first-order valence-electron chi connectivity index (χ1n) is 6.62. The van der Waals surface area contributed by atoms with Crippen molar-refractivity contribution >= 4 is 14.5 Å². The Morgan fingerprint density at radius 1 is 1.22 bits per heavy atom. The Balaban J connectivity index is 2.33. The van der Waals surface area contributed by atoms with E-state index in [0.717, 1.165) is 18.7 Å². The summed E-state index contributed by atoms with van der Waals surface area (Å²) in [5.74, 6) is 1.07. The fourth-order valence-electron chi connectivity index (χ4n) is 1.83. The largest absolute Gasteiger partial charge is 0.543 e. The zero-order chi connectivity index (χ0) is 13.4. The molecule has 0 saturated carbocycles. The van der Waals surface area contributed by atoms with E-state index in [1.54, 1.807) is 0 Å². The average Bonchev–Trinajstić information content (AvgIpc) is 2.27. The molecule has 0 fully saturated rings. The van der Waals surface area contributed by atoms with E-state index >= 15 is 0 Å². The van der Waals surface area contributed by atoms with Crippen LogP contribution in [0.2, 0.25) is 18.1 Å². The molecule has 0 N–H and O–H groups in total. The predicted molar refractivity (Wildman–Crippen MR) is 80.4 cm³/mol. The molecule has 0 saturated heterocycles. The van der Waals surface area contributed by atoms with E-state index < -0.39 is 8.32 Å². The van der Waals surface area contributed by atoms with Crippen LogP contribution in [0.25, 0.3) is 0 Å². The number of nitrogens with zero attached hydrogens (tertiary/aromatic N) is 1. The van der Waals surface area contributed by atoms with Gasteiger partial charge in [0.2, 0.25) is 8.32 Å². The van der Waals surface area contributed by atoms with Crippen LogP contribution in [-0.4, -0.2) is 21.1 Å². The molecule has 2 nitrogen and oxygen atoms in total. The zero-order valence-electron chi connectivity index (χ0n) is 12.1. The molecule has 1 aliphatic rings. The third-order valence-electron chi connectivity index (χ3n) is 4.06. The number of benzene rings is 1. The van der Waals surface area contributed by atoms with E-state index in [1.165, 1.54) is 11.1 Å². The Labute approximate surface area is 111 Å². The third kappa shape index (κ3) is 2.51. The van der Waals surface area contributed by atoms with E-state index in [-0.39, 0.29) is 5.04 Å². The lowest BCUT2D eigenvalue weighted by Crippen LogP contribution is -2.44. The van der Waals surface area contributed by atoms with Crippen molar-refractivity contribution in [2.45, 2.75) is 45.3 Å². The molecule has 0 unspecified atom stereocenters. The number of aliphatic imine (C=N–C) groups is 1. The van der Waals surface area contributed by atoms with Gasteiger partial charge in [-0.15, -0.1) is 0 Å². The Hall–Kier alpha value is -1.09. The maximum absolute atomic E-state index is 6.44. The maximum atomic E-state index is 6.44. The second-order valence-corrected chi connectivity index (χ2v) is 11.2. The predicted octanol–water partition coefficient (Wildman–Crippen LogP) is 4.05. The monoisotopic (exact) mass is 261 g/mol. The van der Waals surface area contributed by atoms with Gasteiger partial charge in [-0.3, -0.25) is 4.99 Å². The Morgan fingerprint density at radius 2 is 1.94 bits per heavy atom. The van der Waals surface area contributed by atoms with Crippen molar-refractivity contribution in [3.63, 3.8) is 0 Å². The van der Waals surface area contributed by atoms with Gasteiger partial charge >= 0.3 is 0 Å². The van der Waals surface area contributed by atoms with Crippen molar-refractivity contribution in [2.24, 2.45) is 4.99 Å². The van der Waals surface area contributed by atoms with E-state index in [9.17, 15) is 0 Å². The highest BCUT2D eigenvalue weighted by Crippen LogP contribution is 2.38. The molecular formula is C15H23NOSi. The van der Waals surface area contributed by atoms with E-state index in [2.05, 4.69) is 57.1 Å². The second kappa shape index (κ2) is 4.54. The van der Waals surface area contributed by atoms with Crippen LogP contribution < -0.4 is 4.43 Å². The quantitative estimate of drug-likeness (QED) is 0.736. The van der Waals surface area contributed by atoms with Crippen molar-refractivity contribution in [3.05, 3.63) is 29.3 Å². The fourth-order valence-corrected chi connectivity index (χ4v) is 2.88. The van der Waals surface area contributed by atoms with Crippen LogP contribution in [0.15, 0.2) is 23.2 Å². The summed E-state index contributed by atoms with van der Waals surface area (Å²) in [5, 5.41) is 0.235. The van der Waals surface area contributed by atoms with Gasteiger partial charge in [0.05, 0.1) is 0 Å². The molecule has 0 spiro atoms. The Morgan fingerprint density at radius 3 is 2.61 bits per heavy atom. The SMILES string of the molecule is CC(C)(C)[Si](C)(C)Oc1cccc2c1CCN=C2. The maximum Gasteiger partial charge on any atom is 0.250 e. The van der Waals surface area contributed by atoms with Gasteiger partial charge in [0.1, 0.15) is 5.75 Å². The molecule has 1 aromatic carbocycles. The lowest BCUT2D eigenvalue weighted by atomic mass is 10.0. The van der Waals surface area contributed by atoms with E-state index in [4.69, 9.17) is 4.43 Å². The highest BCUT2D eigenvalue weighted by Gasteiger charge is 2.39. The summed E-state index contributed by atoms with van der Waals surface area (Å²) >= 11 is 0. The van der Waals surface area contributed by atoms with Gasteiger partial charge in [-0.25, -0.2) is 0 Å². The van der Waals surface area contributed by atoms with Crippen molar-refractivity contribution in [1.82, 2.24) is 0 Å². The smallest absolute Gasteiger partial charge is 0.250 e. The van der Waals surface area contributed by atoms with Gasteiger partial charge in [0.15, 0.2) is 0 Å². The standard InChI is InChI=1S/C15H23NOSi/c1-15(2,3)18(4,5)17-14-8-6-7-12-11-16-10-9-13(12)14/h6-8,11H,9-10H2,1-5H3. The van der Waals surface area contributed by atoms with Gasteiger partial charge in [0.25, 0.3) is 0 Å². The minimum absolute atomic E-state index is 0.235. The fraction of sp³-hybridized carbons (Fsp3) is 0.533. The molecule has 98 valence electrons. The number of hydrogen-bond donors (Lipinski definition) is 0. The topological polar surface area (TPSA) is 21.6 Å². The van der Waals surface area contributed by atoms with E-state index in [0.29, 0.717) is 0 Å². The molecule has 1 heterocycles. The average molecular weight is 261 g/mol. The number of hydrogen-bond acceptors (Lipinski definition) is 2. The zero-order valence-corrected chi connectivity index (χ0v) is 13.1. The van der Waals surface area contributed by atoms with Gasteiger partial charge in [-0.1, -0.05) is 32.9 Å². The number of fused-ring (bicyclic) bond motifs is 1. The molecule has 0 atom stereocenters. The van der Waals surface area contributed by atoms with Crippen LogP contribution in [-0.2, 0) is 6.42 Å². The lowest BCUT2D eigenvalue weighted by molar-refractivity contribution is 0.486. The first kappa shape index (κ1) is 13.3. The summed E-state index contributed by atoms with van der Waals surface area (Å²) in [6, 6.07) is 6.30.